The molecule has 0 heterocycles. The normalized spacial score (nSPS) is 14.9. The number of rotatable bonds is 5. The van der Waals surface area contributed by atoms with Crippen LogP contribution in [0, 0.1) is 0 Å². The van der Waals surface area contributed by atoms with E-state index < -0.39 is 5.54 Å². The van der Waals surface area contributed by atoms with Gasteiger partial charge in [0.15, 0.2) is 0 Å². The van der Waals surface area contributed by atoms with Crippen molar-refractivity contribution < 1.29 is 10.2 Å². The fraction of sp³-hybridized carbons (Fsp3) is 0.500. The van der Waals surface area contributed by atoms with Crippen LogP contribution in [0.2, 0.25) is 0 Å². The van der Waals surface area contributed by atoms with E-state index in [2.05, 4.69) is 12.2 Å². The van der Waals surface area contributed by atoms with Crippen LogP contribution in [0.4, 0.5) is 0 Å². The topological polar surface area (TPSA) is 52.5 Å². The lowest BCUT2D eigenvalue weighted by atomic mass is 9.92. The molecule has 0 radical (unpaired) electrons. The number of aliphatic hydroxyl groups excluding tert-OH is 1. The Morgan fingerprint density at radius 1 is 1.27 bits per heavy atom. The second-order valence-corrected chi connectivity index (χ2v) is 3.96. The Hall–Kier alpha value is -1.06. The molecule has 1 aromatic carbocycles. The van der Waals surface area contributed by atoms with Crippen LogP contribution < -0.4 is 5.32 Å². The number of hydrogen-bond donors (Lipinski definition) is 3. The first-order chi connectivity index (χ1) is 7.12. The summed E-state index contributed by atoms with van der Waals surface area (Å²) in [7, 11) is 0. The van der Waals surface area contributed by atoms with Gasteiger partial charge < -0.3 is 15.5 Å². The lowest BCUT2D eigenvalue weighted by Gasteiger charge is -2.29. The van der Waals surface area contributed by atoms with Crippen molar-refractivity contribution in [3.05, 3.63) is 29.8 Å². The number of nitrogens with one attached hydrogen (secondary N) is 1. The minimum absolute atomic E-state index is 0.0395. The summed E-state index contributed by atoms with van der Waals surface area (Å²) >= 11 is 0. The third kappa shape index (κ3) is 2.94. The smallest absolute Gasteiger partial charge is 0.115 e. The Balaban J connectivity index is 2.85. The number of hydrogen-bond acceptors (Lipinski definition) is 3. The lowest BCUT2D eigenvalue weighted by molar-refractivity contribution is 0.175. The minimum Gasteiger partial charge on any atom is -0.508 e. The first kappa shape index (κ1) is 12.0. The van der Waals surface area contributed by atoms with Gasteiger partial charge in [-0.2, -0.15) is 0 Å². The van der Waals surface area contributed by atoms with E-state index in [1.165, 1.54) is 0 Å². The highest BCUT2D eigenvalue weighted by molar-refractivity contribution is 5.30. The van der Waals surface area contributed by atoms with E-state index in [0.29, 0.717) is 0 Å². The molecule has 1 unspecified atom stereocenters. The van der Waals surface area contributed by atoms with Crippen molar-refractivity contribution >= 4 is 0 Å². The van der Waals surface area contributed by atoms with Crippen LogP contribution in [-0.2, 0) is 5.54 Å². The van der Waals surface area contributed by atoms with Crippen molar-refractivity contribution in [1.82, 2.24) is 5.32 Å². The Labute approximate surface area is 90.8 Å². The minimum atomic E-state index is -0.427. The van der Waals surface area contributed by atoms with Crippen molar-refractivity contribution in [2.75, 3.05) is 13.2 Å². The Morgan fingerprint density at radius 2 is 1.87 bits per heavy atom. The summed E-state index contributed by atoms with van der Waals surface area (Å²) in [5.74, 6) is 0.245. The maximum Gasteiger partial charge on any atom is 0.115 e. The molecular weight excluding hydrogens is 190 g/mol. The van der Waals surface area contributed by atoms with Gasteiger partial charge in [0, 0.05) is 0 Å². The number of phenols is 1. The summed E-state index contributed by atoms with van der Waals surface area (Å²) in [6.45, 7) is 4.94. The van der Waals surface area contributed by atoms with Crippen molar-refractivity contribution in [1.29, 1.82) is 0 Å². The quantitative estimate of drug-likeness (QED) is 0.690. The fourth-order valence-electron chi connectivity index (χ4n) is 1.48. The molecule has 0 aromatic heterocycles. The van der Waals surface area contributed by atoms with Crippen LogP contribution in [0.15, 0.2) is 24.3 Å². The van der Waals surface area contributed by atoms with Gasteiger partial charge in [-0.15, -0.1) is 0 Å². The number of phenolic OH excluding ortho intramolecular Hbond substituents is 1. The predicted molar refractivity (Wildman–Crippen MR) is 60.8 cm³/mol. The highest BCUT2D eigenvalue weighted by atomic mass is 16.3. The molecule has 0 fully saturated rings. The summed E-state index contributed by atoms with van der Waals surface area (Å²) < 4.78 is 0. The van der Waals surface area contributed by atoms with Crippen LogP contribution in [0.3, 0.4) is 0 Å². The molecule has 0 aliphatic heterocycles. The highest BCUT2D eigenvalue weighted by Gasteiger charge is 2.24. The molecule has 0 spiro atoms. The molecule has 0 amide bonds. The van der Waals surface area contributed by atoms with Gasteiger partial charge in [0.25, 0.3) is 0 Å². The first-order valence-electron chi connectivity index (χ1n) is 5.28. The average molecular weight is 209 g/mol. The van der Waals surface area contributed by atoms with E-state index in [9.17, 15) is 10.2 Å². The second-order valence-electron chi connectivity index (χ2n) is 3.96. The first-order valence-corrected chi connectivity index (χ1v) is 5.28. The zero-order valence-corrected chi connectivity index (χ0v) is 9.33. The molecule has 0 bridgehead atoms. The Kier molecular flexibility index (Phi) is 4.12. The molecule has 1 atom stereocenters. The van der Waals surface area contributed by atoms with Gasteiger partial charge in [0.1, 0.15) is 5.75 Å². The monoisotopic (exact) mass is 209 g/mol. The van der Waals surface area contributed by atoms with Crippen LogP contribution in [0.1, 0.15) is 25.8 Å². The summed E-state index contributed by atoms with van der Waals surface area (Å²) in [5.41, 5.74) is 0.556. The Bertz CT molecular complexity index is 297. The maximum absolute atomic E-state index is 9.41. The molecule has 0 aliphatic rings. The van der Waals surface area contributed by atoms with Crippen molar-refractivity contribution in [2.45, 2.75) is 25.8 Å². The average Bonchev–Trinajstić information content (AvgIpc) is 2.27. The highest BCUT2D eigenvalue weighted by Crippen LogP contribution is 2.22. The van der Waals surface area contributed by atoms with E-state index >= 15 is 0 Å². The van der Waals surface area contributed by atoms with Gasteiger partial charge in [0.05, 0.1) is 12.1 Å². The van der Waals surface area contributed by atoms with Gasteiger partial charge in [-0.1, -0.05) is 19.1 Å². The summed E-state index contributed by atoms with van der Waals surface area (Å²) in [5, 5.41) is 21.9. The summed E-state index contributed by atoms with van der Waals surface area (Å²) in [4.78, 5) is 0. The summed E-state index contributed by atoms with van der Waals surface area (Å²) in [6.07, 6.45) is 1.02. The molecule has 0 saturated heterocycles. The number of benzene rings is 1. The molecule has 0 aliphatic carbocycles. The molecule has 3 heteroatoms. The molecular formula is C12H19NO2. The molecule has 84 valence electrons. The van der Waals surface area contributed by atoms with Crippen LogP contribution >= 0.6 is 0 Å². The van der Waals surface area contributed by atoms with Gasteiger partial charge in [-0.05, 0) is 37.6 Å². The van der Waals surface area contributed by atoms with E-state index in [-0.39, 0.29) is 12.4 Å². The number of aliphatic hydroxyl groups is 1. The number of aromatic hydroxyl groups is 1. The zero-order chi connectivity index (χ0) is 11.3. The van der Waals surface area contributed by atoms with Gasteiger partial charge in [-0.25, -0.2) is 0 Å². The van der Waals surface area contributed by atoms with Crippen molar-refractivity contribution in [2.24, 2.45) is 0 Å². The van der Waals surface area contributed by atoms with Crippen LogP contribution in [0.5, 0.6) is 5.75 Å². The third-order valence-electron chi connectivity index (χ3n) is 2.59. The largest absolute Gasteiger partial charge is 0.508 e. The summed E-state index contributed by atoms with van der Waals surface area (Å²) in [6, 6.07) is 6.93. The second kappa shape index (κ2) is 5.14. The Morgan fingerprint density at radius 3 is 2.33 bits per heavy atom. The van der Waals surface area contributed by atoms with Crippen LogP contribution in [-0.4, -0.2) is 23.4 Å². The molecule has 3 N–H and O–H groups in total. The van der Waals surface area contributed by atoms with Crippen molar-refractivity contribution in [3.8, 4) is 5.75 Å². The zero-order valence-electron chi connectivity index (χ0n) is 9.33. The predicted octanol–water partition coefficient (Wildman–Crippen LogP) is 1.60. The third-order valence-corrected chi connectivity index (χ3v) is 2.59. The standard InChI is InChI=1S/C12H19NO2/c1-3-8-13-12(2,9-14)10-4-6-11(15)7-5-10/h4-7,13-15H,3,8-9H2,1-2H3. The van der Waals surface area contributed by atoms with E-state index in [4.69, 9.17) is 0 Å². The maximum atomic E-state index is 9.41. The van der Waals surface area contributed by atoms with E-state index in [1.54, 1.807) is 12.1 Å². The molecule has 15 heavy (non-hydrogen) atoms. The molecule has 1 aromatic rings. The molecule has 3 nitrogen and oxygen atoms in total. The van der Waals surface area contributed by atoms with E-state index in [0.717, 1.165) is 18.5 Å². The van der Waals surface area contributed by atoms with Crippen LogP contribution in [0.25, 0.3) is 0 Å². The molecule has 1 rings (SSSR count). The van der Waals surface area contributed by atoms with Crippen molar-refractivity contribution in [3.63, 3.8) is 0 Å². The SMILES string of the molecule is CCCNC(C)(CO)c1ccc(O)cc1. The van der Waals surface area contributed by atoms with Gasteiger partial charge >= 0.3 is 0 Å². The fourth-order valence-corrected chi connectivity index (χ4v) is 1.48. The molecule has 0 saturated carbocycles. The lowest BCUT2D eigenvalue weighted by Crippen LogP contribution is -2.43. The van der Waals surface area contributed by atoms with E-state index in [1.807, 2.05) is 19.1 Å². The van der Waals surface area contributed by atoms with Gasteiger partial charge in [0.2, 0.25) is 0 Å². The van der Waals surface area contributed by atoms with Gasteiger partial charge in [-0.3, -0.25) is 0 Å².